The summed E-state index contributed by atoms with van der Waals surface area (Å²) in [7, 11) is 0. The molecule has 1 aliphatic rings. The average molecular weight is 219 g/mol. The van der Waals surface area contributed by atoms with Crippen LogP contribution in [0.5, 0.6) is 0 Å². The molecule has 0 aromatic carbocycles. The quantitative estimate of drug-likeness (QED) is 0.860. The van der Waals surface area contributed by atoms with E-state index in [9.17, 15) is 0 Å². The maximum atomic E-state index is 6.07. The minimum Gasteiger partial charge on any atom is -0.325 e. The molecular weight excluding hydrogens is 206 g/mol. The summed E-state index contributed by atoms with van der Waals surface area (Å²) in [5.74, 6) is 0. The number of nitrogens with zero attached hydrogens (tertiary/aromatic N) is 2. The first-order valence-electron chi connectivity index (χ1n) is 5.25. The van der Waals surface area contributed by atoms with Crippen LogP contribution in [0.2, 0.25) is 0 Å². The molecule has 4 heteroatoms. The van der Waals surface area contributed by atoms with Crippen LogP contribution in [-0.4, -0.2) is 14.9 Å². The van der Waals surface area contributed by atoms with Crippen molar-refractivity contribution in [2.24, 2.45) is 5.73 Å². The van der Waals surface area contributed by atoms with E-state index in [1.165, 1.54) is 35.5 Å². The van der Waals surface area contributed by atoms with Crippen molar-refractivity contribution in [3.8, 4) is 0 Å². The van der Waals surface area contributed by atoms with E-state index in [0.29, 0.717) is 0 Å². The fourth-order valence-corrected chi connectivity index (χ4v) is 2.57. The first kappa shape index (κ1) is 9.24. The summed E-state index contributed by atoms with van der Waals surface area (Å²) in [4.78, 5) is 5.32. The van der Waals surface area contributed by atoms with E-state index >= 15 is 0 Å². The summed E-state index contributed by atoms with van der Waals surface area (Å²) in [6, 6.07) is 4.06. The zero-order chi connectivity index (χ0) is 10.3. The summed E-state index contributed by atoms with van der Waals surface area (Å²) in [6.07, 6.45) is 6.21. The maximum absolute atomic E-state index is 6.07. The van der Waals surface area contributed by atoms with Gasteiger partial charge in [-0.25, -0.2) is 4.98 Å². The third-order valence-corrected chi connectivity index (χ3v) is 3.89. The highest BCUT2D eigenvalue weighted by molar-refractivity contribution is 7.12. The van der Waals surface area contributed by atoms with Crippen LogP contribution in [-0.2, 0) is 6.42 Å². The molecule has 2 aromatic heterocycles. The lowest BCUT2D eigenvalue weighted by atomic mass is 10.1. The monoisotopic (exact) mass is 219 g/mol. The summed E-state index contributed by atoms with van der Waals surface area (Å²) in [5, 5.41) is 1.20. The molecule has 0 spiro atoms. The zero-order valence-corrected chi connectivity index (χ0v) is 9.26. The summed E-state index contributed by atoms with van der Waals surface area (Å²) < 4.78 is 4.45. The number of fused-ring (bicyclic) bond motifs is 1. The van der Waals surface area contributed by atoms with E-state index in [0.717, 1.165) is 17.7 Å². The number of hydrogen-bond donors (Lipinski definition) is 1. The van der Waals surface area contributed by atoms with E-state index < -0.39 is 0 Å². The Balaban J connectivity index is 1.84. The summed E-state index contributed by atoms with van der Waals surface area (Å²) in [5.41, 5.74) is 7.36. The van der Waals surface area contributed by atoms with E-state index in [-0.39, 0.29) is 5.54 Å². The molecule has 0 aliphatic heterocycles. The van der Waals surface area contributed by atoms with Gasteiger partial charge in [-0.2, -0.15) is 4.37 Å². The van der Waals surface area contributed by atoms with Gasteiger partial charge in [0.1, 0.15) is 4.83 Å². The molecule has 0 atom stereocenters. The Hall–Kier alpha value is -1.00. The Labute approximate surface area is 92.5 Å². The normalized spacial score (nSPS) is 18.2. The van der Waals surface area contributed by atoms with E-state index in [4.69, 9.17) is 5.73 Å². The Kier molecular flexibility index (Phi) is 2.00. The Morgan fingerprint density at radius 1 is 1.47 bits per heavy atom. The minimum atomic E-state index is 0.123. The Morgan fingerprint density at radius 3 is 3.13 bits per heavy atom. The Bertz CT molecular complexity index is 487. The van der Waals surface area contributed by atoms with Crippen LogP contribution in [0.25, 0.3) is 10.2 Å². The first-order chi connectivity index (χ1) is 7.27. The summed E-state index contributed by atoms with van der Waals surface area (Å²) in [6.45, 7) is 0. The number of hydrogen-bond acceptors (Lipinski definition) is 4. The number of pyridine rings is 1. The molecule has 1 fully saturated rings. The molecule has 1 saturated carbocycles. The van der Waals surface area contributed by atoms with Crippen LogP contribution >= 0.6 is 11.5 Å². The van der Waals surface area contributed by atoms with Gasteiger partial charge in [0.2, 0.25) is 0 Å². The van der Waals surface area contributed by atoms with Gasteiger partial charge in [0.15, 0.2) is 0 Å². The smallest absolute Gasteiger partial charge is 0.143 e. The molecule has 2 heterocycles. The SMILES string of the molecule is NC1(CCc2nsc3ncccc23)CC1. The van der Waals surface area contributed by atoms with Crippen LogP contribution in [0.4, 0.5) is 0 Å². The third kappa shape index (κ3) is 1.75. The van der Waals surface area contributed by atoms with Crippen molar-refractivity contribution in [2.75, 3.05) is 0 Å². The van der Waals surface area contributed by atoms with Crippen LogP contribution < -0.4 is 5.73 Å². The molecule has 0 amide bonds. The van der Waals surface area contributed by atoms with Crippen molar-refractivity contribution in [2.45, 2.75) is 31.2 Å². The van der Waals surface area contributed by atoms with Gasteiger partial charge in [0, 0.05) is 17.1 Å². The van der Waals surface area contributed by atoms with E-state index in [2.05, 4.69) is 15.4 Å². The molecule has 0 radical (unpaired) electrons. The van der Waals surface area contributed by atoms with E-state index in [1.54, 1.807) is 0 Å². The van der Waals surface area contributed by atoms with Crippen molar-refractivity contribution < 1.29 is 0 Å². The van der Waals surface area contributed by atoms with Crippen LogP contribution in [0.1, 0.15) is 25.0 Å². The van der Waals surface area contributed by atoms with Crippen molar-refractivity contribution in [1.29, 1.82) is 0 Å². The molecule has 0 saturated heterocycles. The zero-order valence-electron chi connectivity index (χ0n) is 8.44. The second-order valence-electron chi connectivity index (χ2n) is 4.35. The van der Waals surface area contributed by atoms with Gasteiger partial charge in [-0.1, -0.05) is 0 Å². The molecule has 78 valence electrons. The van der Waals surface area contributed by atoms with Gasteiger partial charge in [0.25, 0.3) is 0 Å². The third-order valence-electron chi connectivity index (χ3n) is 3.08. The van der Waals surface area contributed by atoms with Crippen molar-refractivity contribution >= 4 is 21.7 Å². The van der Waals surface area contributed by atoms with Crippen molar-refractivity contribution in [1.82, 2.24) is 9.36 Å². The van der Waals surface area contributed by atoms with Crippen LogP contribution in [0, 0.1) is 0 Å². The maximum Gasteiger partial charge on any atom is 0.143 e. The van der Waals surface area contributed by atoms with Gasteiger partial charge in [-0.15, -0.1) is 0 Å². The highest BCUT2D eigenvalue weighted by Crippen LogP contribution is 2.37. The largest absolute Gasteiger partial charge is 0.325 e. The molecule has 15 heavy (non-hydrogen) atoms. The predicted octanol–water partition coefficient (Wildman–Crippen LogP) is 2.12. The second-order valence-corrected chi connectivity index (χ2v) is 5.10. The molecule has 3 rings (SSSR count). The van der Waals surface area contributed by atoms with Crippen molar-refractivity contribution in [3.05, 3.63) is 24.0 Å². The van der Waals surface area contributed by atoms with Crippen LogP contribution in [0.15, 0.2) is 18.3 Å². The topological polar surface area (TPSA) is 51.8 Å². The average Bonchev–Trinajstić information content (AvgIpc) is 2.86. The lowest BCUT2D eigenvalue weighted by molar-refractivity contribution is 0.607. The predicted molar refractivity (Wildman–Crippen MR) is 61.9 cm³/mol. The van der Waals surface area contributed by atoms with Gasteiger partial charge < -0.3 is 5.73 Å². The van der Waals surface area contributed by atoms with Gasteiger partial charge in [-0.3, -0.25) is 0 Å². The second kappa shape index (κ2) is 3.25. The molecule has 2 N–H and O–H groups in total. The van der Waals surface area contributed by atoms with Gasteiger partial charge >= 0.3 is 0 Å². The molecule has 1 aliphatic carbocycles. The molecule has 2 aromatic rings. The standard InChI is InChI=1S/C11H13N3S/c12-11(5-6-11)4-3-9-8-2-1-7-13-10(8)15-14-9/h1-2,7H,3-6,12H2. The fraction of sp³-hybridized carbons (Fsp3) is 0.455. The number of rotatable bonds is 3. The Morgan fingerprint density at radius 2 is 2.33 bits per heavy atom. The lowest BCUT2D eigenvalue weighted by Gasteiger charge is -2.05. The highest BCUT2D eigenvalue weighted by Gasteiger charge is 2.37. The first-order valence-corrected chi connectivity index (χ1v) is 6.02. The fourth-order valence-electron chi connectivity index (χ4n) is 1.79. The van der Waals surface area contributed by atoms with Gasteiger partial charge in [-0.05, 0) is 49.3 Å². The van der Waals surface area contributed by atoms with Gasteiger partial charge in [0.05, 0.1) is 5.69 Å². The van der Waals surface area contributed by atoms with Crippen LogP contribution in [0.3, 0.4) is 0 Å². The number of aromatic nitrogens is 2. The molecule has 3 nitrogen and oxygen atoms in total. The van der Waals surface area contributed by atoms with E-state index in [1.807, 2.05) is 12.3 Å². The number of nitrogens with two attached hydrogens (primary N) is 1. The number of aryl methyl sites for hydroxylation is 1. The molecule has 0 unspecified atom stereocenters. The summed E-state index contributed by atoms with van der Waals surface area (Å²) >= 11 is 1.48. The minimum absolute atomic E-state index is 0.123. The molecular formula is C11H13N3S. The lowest BCUT2D eigenvalue weighted by Crippen LogP contribution is -2.22. The molecule has 0 bridgehead atoms. The highest BCUT2D eigenvalue weighted by atomic mass is 32.1. The van der Waals surface area contributed by atoms with Crippen molar-refractivity contribution in [3.63, 3.8) is 0 Å².